The molecule has 0 fully saturated rings. The lowest BCUT2D eigenvalue weighted by atomic mass is 9.99. The number of hydrogen-bond donors (Lipinski definition) is 1. The zero-order valence-corrected chi connectivity index (χ0v) is 12.6. The van der Waals surface area contributed by atoms with Crippen LogP contribution in [0.5, 0.6) is 0 Å². The summed E-state index contributed by atoms with van der Waals surface area (Å²) in [6.07, 6.45) is 3.72. The minimum Gasteiger partial charge on any atom is -0.303 e. The predicted octanol–water partition coefficient (Wildman–Crippen LogP) is 5.33. The molecule has 2 heteroatoms. The summed E-state index contributed by atoms with van der Waals surface area (Å²) in [5.41, 5.74) is 2.79. The molecule has 0 amide bonds. The van der Waals surface area contributed by atoms with Gasteiger partial charge < -0.3 is 5.32 Å². The van der Waals surface area contributed by atoms with Crippen molar-refractivity contribution in [3.63, 3.8) is 0 Å². The fourth-order valence-electron chi connectivity index (χ4n) is 2.36. The molecule has 0 aliphatic carbocycles. The van der Waals surface area contributed by atoms with E-state index in [4.69, 9.17) is 0 Å². The second kappa shape index (κ2) is 7.46. The summed E-state index contributed by atoms with van der Waals surface area (Å²) in [7, 11) is 0. The third kappa shape index (κ3) is 4.19. The Balaban J connectivity index is 2.05. The Morgan fingerprint density at radius 3 is 2.53 bits per heavy atom. The van der Waals surface area contributed by atoms with E-state index in [2.05, 4.69) is 66.3 Å². The molecular formula is C17H23NS. The summed E-state index contributed by atoms with van der Waals surface area (Å²) >= 11 is 1.77. The monoisotopic (exact) mass is 273 g/mol. The molecular weight excluding hydrogens is 250 g/mol. The van der Waals surface area contributed by atoms with Crippen molar-refractivity contribution < 1.29 is 0 Å². The lowest BCUT2D eigenvalue weighted by molar-refractivity contribution is 0.432. The number of nitrogens with one attached hydrogen (secondary N) is 1. The molecule has 1 aromatic heterocycles. The van der Waals surface area contributed by atoms with Crippen molar-refractivity contribution in [2.45, 2.75) is 45.2 Å². The summed E-state index contributed by atoms with van der Waals surface area (Å²) in [5.74, 6) is 0. The molecule has 1 N–H and O–H groups in total. The smallest absolute Gasteiger partial charge is 0.0325 e. The topological polar surface area (TPSA) is 12.0 Å². The third-order valence-corrected chi connectivity index (χ3v) is 4.24. The van der Waals surface area contributed by atoms with E-state index in [-0.39, 0.29) is 0 Å². The molecule has 0 spiro atoms. The predicted molar refractivity (Wildman–Crippen MR) is 84.6 cm³/mol. The van der Waals surface area contributed by atoms with Crippen LogP contribution in [0, 0.1) is 0 Å². The molecule has 1 heterocycles. The Morgan fingerprint density at radius 2 is 1.89 bits per heavy atom. The highest BCUT2D eigenvalue weighted by atomic mass is 32.1. The van der Waals surface area contributed by atoms with Gasteiger partial charge in [-0.15, -0.1) is 0 Å². The summed E-state index contributed by atoms with van der Waals surface area (Å²) in [6, 6.07) is 13.9. The van der Waals surface area contributed by atoms with Crippen LogP contribution in [-0.4, -0.2) is 0 Å². The molecule has 2 aromatic rings. The normalized spacial score (nSPS) is 14.2. The van der Waals surface area contributed by atoms with Crippen molar-refractivity contribution in [2.24, 2.45) is 0 Å². The molecule has 1 nitrogen and oxygen atoms in total. The molecule has 102 valence electrons. The van der Waals surface area contributed by atoms with Gasteiger partial charge in [-0.05, 0) is 41.3 Å². The van der Waals surface area contributed by atoms with Crippen LogP contribution in [0.3, 0.4) is 0 Å². The first kappa shape index (κ1) is 14.3. The van der Waals surface area contributed by atoms with Crippen molar-refractivity contribution in [1.82, 2.24) is 5.32 Å². The van der Waals surface area contributed by atoms with Crippen LogP contribution in [0.15, 0.2) is 47.2 Å². The standard InChI is InChI=1S/C17H23NS/c1-3-4-10-17(15-8-6-5-7-9-15)18-14(2)16-11-12-19-13-16/h5-9,11-14,17-18H,3-4,10H2,1-2H3. The van der Waals surface area contributed by atoms with Gasteiger partial charge in [-0.2, -0.15) is 11.3 Å². The second-order valence-corrected chi connectivity index (χ2v) is 5.83. The Hall–Kier alpha value is -1.12. The van der Waals surface area contributed by atoms with Crippen molar-refractivity contribution >= 4 is 11.3 Å². The molecule has 19 heavy (non-hydrogen) atoms. The molecule has 2 unspecified atom stereocenters. The highest BCUT2D eigenvalue weighted by Gasteiger charge is 2.14. The molecule has 0 saturated carbocycles. The van der Waals surface area contributed by atoms with E-state index >= 15 is 0 Å². The van der Waals surface area contributed by atoms with Gasteiger partial charge >= 0.3 is 0 Å². The van der Waals surface area contributed by atoms with Gasteiger partial charge in [0, 0.05) is 12.1 Å². The van der Waals surface area contributed by atoms with Gasteiger partial charge in [-0.1, -0.05) is 50.1 Å². The average molecular weight is 273 g/mol. The van der Waals surface area contributed by atoms with E-state index < -0.39 is 0 Å². The van der Waals surface area contributed by atoms with Gasteiger partial charge in [0.05, 0.1) is 0 Å². The van der Waals surface area contributed by atoms with Gasteiger partial charge in [0.2, 0.25) is 0 Å². The first-order valence-corrected chi connectivity index (χ1v) is 8.08. The number of benzene rings is 1. The summed E-state index contributed by atoms with van der Waals surface area (Å²) < 4.78 is 0. The van der Waals surface area contributed by atoms with Gasteiger partial charge in [0.1, 0.15) is 0 Å². The van der Waals surface area contributed by atoms with E-state index in [1.807, 2.05) is 0 Å². The highest BCUT2D eigenvalue weighted by Crippen LogP contribution is 2.24. The van der Waals surface area contributed by atoms with E-state index in [1.54, 1.807) is 11.3 Å². The SMILES string of the molecule is CCCCC(NC(C)c1ccsc1)c1ccccc1. The van der Waals surface area contributed by atoms with Crippen LogP contribution >= 0.6 is 11.3 Å². The first-order chi connectivity index (χ1) is 9.31. The summed E-state index contributed by atoms with van der Waals surface area (Å²) in [5, 5.41) is 8.16. The zero-order chi connectivity index (χ0) is 13.5. The maximum absolute atomic E-state index is 3.78. The minimum absolute atomic E-state index is 0.410. The third-order valence-electron chi connectivity index (χ3n) is 3.54. The first-order valence-electron chi connectivity index (χ1n) is 7.14. The van der Waals surface area contributed by atoms with Crippen LogP contribution in [0.4, 0.5) is 0 Å². The Labute approximate surface area is 120 Å². The largest absolute Gasteiger partial charge is 0.303 e. The van der Waals surface area contributed by atoms with E-state index in [0.29, 0.717) is 12.1 Å². The lowest BCUT2D eigenvalue weighted by Gasteiger charge is -2.23. The van der Waals surface area contributed by atoms with E-state index in [9.17, 15) is 0 Å². The molecule has 0 radical (unpaired) electrons. The molecule has 1 aromatic carbocycles. The minimum atomic E-state index is 0.410. The fraction of sp³-hybridized carbons (Fsp3) is 0.412. The molecule has 2 rings (SSSR count). The zero-order valence-electron chi connectivity index (χ0n) is 11.8. The van der Waals surface area contributed by atoms with Crippen LogP contribution in [0.1, 0.15) is 56.3 Å². The van der Waals surface area contributed by atoms with Gasteiger partial charge in [0.15, 0.2) is 0 Å². The number of hydrogen-bond acceptors (Lipinski definition) is 2. The van der Waals surface area contributed by atoms with E-state index in [1.165, 1.54) is 30.4 Å². The van der Waals surface area contributed by atoms with Crippen molar-refractivity contribution in [2.75, 3.05) is 0 Å². The lowest BCUT2D eigenvalue weighted by Crippen LogP contribution is -2.24. The average Bonchev–Trinajstić information content (AvgIpc) is 2.98. The van der Waals surface area contributed by atoms with Crippen molar-refractivity contribution in [3.8, 4) is 0 Å². The second-order valence-electron chi connectivity index (χ2n) is 5.05. The van der Waals surface area contributed by atoms with Gasteiger partial charge in [-0.25, -0.2) is 0 Å². The van der Waals surface area contributed by atoms with Crippen LogP contribution < -0.4 is 5.32 Å². The van der Waals surface area contributed by atoms with Crippen molar-refractivity contribution in [3.05, 3.63) is 58.3 Å². The maximum Gasteiger partial charge on any atom is 0.0325 e. The molecule has 0 aliphatic rings. The number of thiophene rings is 1. The molecule has 0 aliphatic heterocycles. The molecule has 0 bridgehead atoms. The Kier molecular flexibility index (Phi) is 5.62. The number of unbranched alkanes of at least 4 members (excludes halogenated alkanes) is 1. The quantitative estimate of drug-likeness (QED) is 0.719. The maximum atomic E-state index is 3.78. The van der Waals surface area contributed by atoms with Gasteiger partial charge in [0.25, 0.3) is 0 Å². The van der Waals surface area contributed by atoms with Crippen LogP contribution in [0.2, 0.25) is 0 Å². The van der Waals surface area contributed by atoms with Crippen molar-refractivity contribution in [1.29, 1.82) is 0 Å². The fourth-order valence-corrected chi connectivity index (χ4v) is 3.11. The summed E-state index contributed by atoms with van der Waals surface area (Å²) in [6.45, 7) is 4.51. The Bertz CT molecular complexity index is 449. The highest BCUT2D eigenvalue weighted by molar-refractivity contribution is 7.07. The van der Waals surface area contributed by atoms with Crippen LogP contribution in [-0.2, 0) is 0 Å². The molecule has 2 atom stereocenters. The summed E-state index contributed by atoms with van der Waals surface area (Å²) in [4.78, 5) is 0. The Morgan fingerprint density at radius 1 is 1.11 bits per heavy atom. The van der Waals surface area contributed by atoms with E-state index in [0.717, 1.165) is 0 Å². The molecule has 0 saturated heterocycles. The van der Waals surface area contributed by atoms with Gasteiger partial charge in [-0.3, -0.25) is 0 Å². The van der Waals surface area contributed by atoms with Crippen LogP contribution in [0.25, 0.3) is 0 Å². The number of rotatable bonds is 7.